The van der Waals surface area contributed by atoms with Crippen LogP contribution in [0.15, 0.2) is 5.38 Å². The Bertz CT molecular complexity index is 433. The number of thiazole rings is 1. The normalized spacial score (nSPS) is 10.8. The van der Waals surface area contributed by atoms with E-state index in [1.165, 1.54) is 0 Å². The summed E-state index contributed by atoms with van der Waals surface area (Å²) in [4.78, 5) is 8.73. The minimum Gasteiger partial charge on any atom is -0.330 e. The standard InChI is InChI=1S/C9H13N5S/c1-2-7-12-9(14-13-7)6-5-15-8(11-6)3-4-10/h5H,2-4,10H2,1H3,(H,12,13,14). The summed E-state index contributed by atoms with van der Waals surface area (Å²) in [6.07, 6.45) is 1.67. The Hall–Kier alpha value is -1.27. The number of aryl methyl sites for hydroxylation is 1. The van der Waals surface area contributed by atoms with E-state index < -0.39 is 0 Å². The molecule has 0 bridgehead atoms. The van der Waals surface area contributed by atoms with Gasteiger partial charge in [0.05, 0.1) is 5.01 Å². The van der Waals surface area contributed by atoms with E-state index in [2.05, 4.69) is 20.2 Å². The van der Waals surface area contributed by atoms with Crippen molar-refractivity contribution in [1.29, 1.82) is 0 Å². The topological polar surface area (TPSA) is 80.5 Å². The fraction of sp³-hybridized carbons (Fsp3) is 0.444. The molecule has 0 aliphatic rings. The first-order chi connectivity index (χ1) is 7.33. The minimum atomic E-state index is 0.626. The van der Waals surface area contributed by atoms with E-state index in [1.807, 2.05) is 12.3 Å². The molecule has 2 heterocycles. The average Bonchev–Trinajstić information content (AvgIpc) is 2.85. The summed E-state index contributed by atoms with van der Waals surface area (Å²) in [5.41, 5.74) is 6.30. The summed E-state index contributed by atoms with van der Waals surface area (Å²) in [5.74, 6) is 1.56. The highest BCUT2D eigenvalue weighted by Gasteiger charge is 2.08. The summed E-state index contributed by atoms with van der Waals surface area (Å²) < 4.78 is 0. The van der Waals surface area contributed by atoms with Crippen molar-refractivity contribution in [3.05, 3.63) is 16.2 Å². The molecule has 5 nitrogen and oxygen atoms in total. The van der Waals surface area contributed by atoms with Gasteiger partial charge in [-0.3, -0.25) is 5.10 Å². The number of hydrogen-bond donors (Lipinski definition) is 2. The predicted molar refractivity (Wildman–Crippen MR) is 59.6 cm³/mol. The van der Waals surface area contributed by atoms with Gasteiger partial charge >= 0.3 is 0 Å². The van der Waals surface area contributed by atoms with Crippen LogP contribution < -0.4 is 5.73 Å². The first kappa shape index (κ1) is 10.3. The van der Waals surface area contributed by atoms with Gasteiger partial charge in [0.25, 0.3) is 0 Å². The summed E-state index contributed by atoms with van der Waals surface area (Å²) in [7, 11) is 0. The zero-order valence-electron chi connectivity index (χ0n) is 8.53. The Morgan fingerprint density at radius 3 is 3.00 bits per heavy atom. The Kier molecular flexibility index (Phi) is 3.08. The van der Waals surface area contributed by atoms with E-state index in [-0.39, 0.29) is 0 Å². The number of nitrogens with zero attached hydrogens (tertiary/aromatic N) is 3. The summed E-state index contributed by atoms with van der Waals surface area (Å²) in [5, 5.41) is 9.98. The SMILES string of the molecule is CCc1nc(-c2csc(CCN)n2)n[nH]1. The van der Waals surface area contributed by atoms with Crippen molar-refractivity contribution in [1.82, 2.24) is 20.2 Å². The molecule has 2 aromatic rings. The second-order valence-electron chi connectivity index (χ2n) is 3.12. The van der Waals surface area contributed by atoms with Crippen LogP contribution in [-0.4, -0.2) is 26.7 Å². The molecule has 15 heavy (non-hydrogen) atoms. The molecule has 0 spiro atoms. The number of hydrogen-bond acceptors (Lipinski definition) is 5. The highest BCUT2D eigenvalue weighted by atomic mass is 32.1. The third-order valence-corrected chi connectivity index (χ3v) is 2.91. The first-order valence-electron chi connectivity index (χ1n) is 4.89. The number of rotatable bonds is 4. The lowest BCUT2D eigenvalue weighted by molar-refractivity contribution is 0.946. The van der Waals surface area contributed by atoms with Crippen LogP contribution in [0.5, 0.6) is 0 Å². The number of H-pyrrole nitrogens is 1. The van der Waals surface area contributed by atoms with Crippen molar-refractivity contribution in [2.45, 2.75) is 19.8 Å². The number of aromatic nitrogens is 4. The molecule has 0 amide bonds. The Balaban J connectivity index is 2.21. The van der Waals surface area contributed by atoms with Crippen molar-refractivity contribution in [2.24, 2.45) is 5.73 Å². The van der Waals surface area contributed by atoms with Crippen LogP contribution in [0.2, 0.25) is 0 Å². The van der Waals surface area contributed by atoms with Crippen LogP contribution in [0.3, 0.4) is 0 Å². The fourth-order valence-corrected chi connectivity index (χ4v) is 2.01. The quantitative estimate of drug-likeness (QED) is 0.810. The van der Waals surface area contributed by atoms with Gasteiger partial charge in [0.2, 0.25) is 5.82 Å². The monoisotopic (exact) mass is 223 g/mol. The molecule has 0 unspecified atom stereocenters. The van der Waals surface area contributed by atoms with Crippen LogP contribution in [-0.2, 0) is 12.8 Å². The molecular weight excluding hydrogens is 210 g/mol. The Labute approximate surface area is 91.8 Å². The second-order valence-corrected chi connectivity index (χ2v) is 4.07. The second kappa shape index (κ2) is 4.50. The van der Waals surface area contributed by atoms with Gasteiger partial charge in [0.1, 0.15) is 11.5 Å². The van der Waals surface area contributed by atoms with E-state index in [1.54, 1.807) is 11.3 Å². The largest absolute Gasteiger partial charge is 0.330 e. The van der Waals surface area contributed by atoms with Crippen molar-refractivity contribution in [2.75, 3.05) is 6.54 Å². The van der Waals surface area contributed by atoms with E-state index in [9.17, 15) is 0 Å². The third-order valence-electron chi connectivity index (χ3n) is 2.01. The van der Waals surface area contributed by atoms with E-state index >= 15 is 0 Å². The van der Waals surface area contributed by atoms with Gasteiger partial charge < -0.3 is 5.73 Å². The molecule has 3 N–H and O–H groups in total. The molecule has 0 atom stereocenters. The van der Waals surface area contributed by atoms with Crippen molar-refractivity contribution in [3.63, 3.8) is 0 Å². The molecular formula is C9H13N5S. The first-order valence-corrected chi connectivity index (χ1v) is 5.77. The molecule has 0 aliphatic carbocycles. The number of nitrogens with one attached hydrogen (secondary N) is 1. The molecule has 0 saturated heterocycles. The van der Waals surface area contributed by atoms with E-state index in [4.69, 9.17) is 5.73 Å². The van der Waals surface area contributed by atoms with Crippen LogP contribution in [0.4, 0.5) is 0 Å². The predicted octanol–water partition coefficient (Wildman–Crippen LogP) is 0.992. The molecule has 0 radical (unpaired) electrons. The van der Waals surface area contributed by atoms with E-state index in [0.29, 0.717) is 12.4 Å². The van der Waals surface area contributed by atoms with Gasteiger partial charge in [-0.25, -0.2) is 9.97 Å². The summed E-state index contributed by atoms with van der Waals surface area (Å²) >= 11 is 1.60. The van der Waals surface area contributed by atoms with Gasteiger partial charge in [-0.15, -0.1) is 11.3 Å². The maximum absolute atomic E-state index is 5.46. The summed E-state index contributed by atoms with van der Waals surface area (Å²) in [6, 6.07) is 0. The van der Waals surface area contributed by atoms with Gasteiger partial charge in [-0.2, -0.15) is 5.10 Å². The zero-order valence-corrected chi connectivity index (χ0v) is 9.34. The molecule has 0 fully saturated rings. The molecule has 2 rings (SSSR count). The maximum Gasteiger partial charge on any atom is 0.200 e. The Morgan fingerprint density at radius 1 is 1.47 bits per heavy atom. The number of nitrogens with two attached hydrogens (primary N) is 1. The Morgan fingerprint density at radius 2 is 2.33 bits per heavy atom. The molecule has 80 valence electrons. The van der Waals surface area contributed by atoms with Crippen molar-refractivity contribution >= 4 is 11.3 Å². The minimum absolute atomic E-state index is 0.626. The smallest absolute Gasteiger partial charge is 0.200 e. The lowest BCUT2D eigenvalue weighted by atomic mass is 10.4. The van der Waals surface area contributed by atoms with Gasteiger partial charge in [-0.1, -0.05) is 6.92 Å². The average molecular weight is 223 g/mol. The van der Waals surface area contributed by atoms with Crippen molar-refractivity contribution in [3.8, 4) is 11.5 Å². The van der Waals surface area contributed by atoms with Crippen LogP contribution >= 0.6 is 11.3 Å². The van der Waals surface area contributed by atoms with Crippen LogP contribution in [0.25, 0.3) is 11.5 Å². The fourth-order valence-electron chi connectivity index (χ4n) is 1.22. The molecule has 2 aromatic heterocycles. The van der Waals surface area contributed by atoms with Crippen LogP contribution in [0.1, 0.15) is 17.8 Å². The van der Waals surface area contributed by atoms with E-state index in [0.717, 1.165) is 29.4 Å². The molecule has 0 saturated carbocycles. The molecule has 0 aromatic carbocycles. The van der Waals surface area contributed by atoms with Gasteiger partial charge in [-0.05, 0) is 6.54 Å². The lowest BCUT2D eigenvalue weighted by Gasteiger charge is -1.88. The highest BCUT2D eigenvalue weighted by molar-refractivity contribution is 7.09. The number of aromatic amines is 1. The molecule has 6 heteroatoms. The highest BCUT2D eigenvalue weighted by Crippen LogP contribution is 2.18. The van der Waals surface area contributed by atoms with Crippen LogP contribution in [0, 0.1) is 0 Å². The molecule has 0 aliphatic heterocycles. The maximum atomic E-state index is 5.46. The lowest BCUT2D eigenvalue weighted by Crippen LogP contribution is -2.02. The third kappa shape index (κ3) is 2.21. The van der Waals surface area contributed by atoms with Gasteiger partial charge in [0, 0.05) is 18.2 Å². The van der Waals surface area contributed by atoms with Gasteiger partial charge in [0.15, 0.2) is 0 Å². The zero-order chi connectivity index (χ0) is 10.7. The van der Waals surface area contributed by atoms with Crippen molar-refractivity contribution < 1.29 is 0 Å². The summed E-state index contributed by atoms with van der Waals surface area (Å²) in [6.45, 7) is 2.66.